The number of carbonyl (C=O) groups is 1. The highest BCUT2D eigenvalue weighted by molar-refractivity contribution is 5.99. The van der Waals surface area contributed by atoms with E-state index in [-0.39, 0.29) is 5.91 Å². The Hall–Kier alpha value is -2.36. The molecule has 0 atom stereocenters. The molecule has 1 heterocycles. The maximum atomic E-state index is 13.2. The third-order valence-corrected chi connectivity index (χ3v) is 4.98. The summed E-state index contributed by atoms with van der Waals surface area (Å²) in [7, 11) is 1.59. The van der Waals surface area contributed by atoms with Crippen LogP contribution in [0.15, 0.2) is 36.4 Å². The zero-order chi connectivity index (χ0) is 17.2. The first kappa shape index (κ1) is 16.5. The van der Waals surface area contributed by atoms with Crippen molar-refractivity contribution in [1.82, 2.24) is 4.98 Å². The maximum absolute atomic E-state index is 13.2. The lowest BCUT2D eigenvalue weighted by Crippen LogP contribution is -2.38. The molecule has 1 aromatic heterocycles. The van der Waals surface area contributed by atoms with Crippen LogP contribution in [-0.4, -0.2) is 18.0 Å². The molecule has 4 nitrogen and oxygen atoms in total. The molecule has 1 aliphatic carbocycles. The number of nitrogens with zero attached hydrogens (tertiary/aromatic N) is 1. The van der Waals surface area contributed by atoms with Gasteiger partial charge in [-0.05, 0) is 38.3 Å². The summed E-state index contributed by atoms with van der Waals surface area (Å²) in [5, 5.41) is 3.11. The Balaban J connectivity index is 1.91. The molecule has 0 unspecified atom stereocenters. The van der Waals surface area contributed by atoms with Gasteiger partial charge in [0.25, 0.3) is 0 Å². The maximum Gasteiger partial charge on any atom is 0.235 e. The summed E-state index contributed by atoms with van der Waals surface area (Å²) in [6.07, 6.45) is 3.96. The number of hydrogen-bond acceptors (Lipinski definition) is 3. The summed E-state index contributed by atoms with van der Waals surface area (Å²) in [5.41, 5.74) is 3.39. The second kappa shape index (κ2) is 6.63. The first-order valence-corrected chi connectivity index (χ1v) is 8.45. The summed E-state index contributed by atoms with van der Waals surface area (Å²) in [5.74, 6) is 0.625. The SMILES string of the molecule is COc1ccc(NC(=O)C2(c3cccc(C)c3)CCCC2)c(C)n1. The second-order valence-electron chi connectivity index (χ2n) is 6.60. The zero-order valence-electron chi connectivity index (χ0n) is 14.6. The van der Waals surface area contributed by atoms with Crippen LogP contribution in [0.2, 0.25) is 0 Å². The van der Waals surface area contributed by atoms with Crippen LogP contribution in [0.5, 0.6) is 5.88 Å². The van der Waals surface area contributed by atoms with Gasteiger partial charge in [-0.3, -0.25) is 4.79 Å². The molecule has 0 aliphatic heterocycles. The highest BCUT2D eigenvalue weighted by Gasteiger charge is 2.42. The van der Waals surface area contributed by atoms with Crippen molar-refractivity contribution < 1.29 is 9.53 Å². The van der Waals surface area contributed by atoms with Gasteiger partial charge in [0.1, 0.15) is 0 Å². The van der Waals surface area contributed by atoms with E-state index in [9.17, 15) is 4.79 Å². The van der Waals surface area contributed by atoms with Crippen molar-refractivity contribution in [1.29, 1.82) is 0 Å². The van der Waals surface area contributed by atoms with Gasteiger partial charge in [0.05, 0.1) is 23.9 Å². The molecule has 24 heavy (non-hydrogen) atoms. The van der Waals surface area contributed by atoms with Crippen LogP contribution >= 0.6 is 0 Å². The smallest absolute Gasteiger partial charge is 0.235 e. The Morgan fingerprint density at radius 2 is 1.92 bits per heavy atom. The molecular weight excluding hydrogens is 300 g/mol. The summed E-state index contributed by atoms with van der Waals surface area (Å²) < 4.78 is 5.13. The average molecular weight is 324 g/mol. The quantitative estimate of drug-likeness (QED) is 0.919. The molecule has 2 aromatic rings. The van der Waals surface area contributed by atoms with Gasteiger partial charge in [-0.15, -0.1) is 0 Å². The average Bonchev–Trinajstić information content (AvgIpc) is 3.07. The molecule has 126 valence electrons. The zero-order valence-corrected chi connectivity index (χ0v) is 14.6. The summed E-state index contributed by atoms with van der Waals surface area (Å²) >= 11 is 0. The molecular formula is C20H24N2O2. The standard InChI is InChI=1S/C20H24N2O2/c1-14-7-6-8-16(13-14)20(11-4-5-12-20)19(23)22-17-9-10-18(24-3)21-15(17)2/h6-10,13H,4-5,11-12H2,1-3H3,(H,22,23). The van der Waals surface area contributed by atoms with Crippen molar-refractivity contribution in [3.05, 3.63) is 53.2 Å². The number of hydrogen-bond donors (Lipinski definition) is 1. The van der Waals surface area contributed by atoms with Crippen molar-refractivity contribution in [2.24, 2.45) is 0 Å². The lowest BCUT2D eigenvalue weighted by atomic mass is 9.77. The van der Waals surface area contributed by atoms with E-state index in [1.165, 1.54) is 5.56 Å². The largest absolute Gasteiger partial charge is 0.481 e. The van der Waals surface area contributed by atoms with Crippen LogP contribution in [0.25, 0.3) is 0 Å². The molecule has 0 spiro atoms. The fourth-order valence-electron chi connectivity index (χ4n) is 3.59. The normalized spacial score (nSPS) is 16.0. The fourth-order valence-corrected chi connectivity index (χ4v) is 3.59. The number of aryl methyl sites for hydroxylation is 2. The molecule has 1 N–H and O–H groups in total. The number of anilines is 1. The van der Waals surface area contributed by atoms with Crippen LogP contribution < -0.4 is 10.1 Å². The van der Waals surface area contributed by atoms with Crippen molar-refractivity contribution in [3.63, 3.8) is 0 Å². The number of benzene rings is 1. The highest BCUT2D eigenvalue weighted by atomic mass is 16.5. The van der Waals surface area contributed by atoms with Gasteiger partial charge in [0, 0.05) is 6.07 Å². The first-order valence-electron chi connectivity index (χ1n) is 8.45. The molecule has 1 aromatic carbocycles. The predicted molar refractivity (Wildman–Crippen MR) is 95.5 cm³/mol. The Bertz CT molecular complexity index is 749. The van der Waals surface area contributed by atoms with Crippen molar-refractivity contribution >= 4 is 11.6 Å². The van der Waals surface area contributed by atoms with Crippen LogP contribution in [0.1, 0.15) is 42.5 Å². The van der Waals surface area contributed by atoms with Crippen molar-refractivity contribution in [2.75, 3.05) is 12.4 Å². The lowest BCUT2D eigenvalue weighted by molar-refractivity contribution is -0.121. The minimum absolute atomic E-state index is 0.0701. The van der Waals surface area contributed by atoms with E-state index in [1.807, 2.05) is 19.1 Å². The van der Waals surface area contributed by atoms with Crippen LogP contribution in [0, 0.1) is 13.8 Å². The number of nitrogens with one attached hydrogen (secondary N) is 1. The predicted octanol–water partition coefficient (Wildman–Crippen LogP) is 4.16. The molecule has 1 fully saturated rings. The Morgan fingerprint density at radius 1 is 1.17 bits per heavy atom. The molecule has 0 bridgehead atoms. The summed E-state index contributed by atoms with van der Waals surface area (Å²) in [4.78, 5) is 17.5. The minimum Gasteiger partial charge on any atom is -0.481 e. The van der Waals surface area contributed by atoms with Crippen LogP contribution in [0.4, 0.5) is 5.69 Å². The molecule has 1 saturated carbocycles. The fraction of sp³-hybridized carbons (Fsp3) is 0.400. The Morgan fingerprint density at radius 3 is 2.54 bits per heavy atom. The third-order valence-electron chi connectivity index (χ3n) is 4.98. The van der Waals surface area contributed by atoms with Gasteiger partial charge in [0.2, 0.25) is 11.8 Å². The number of carbonyl (C=O) groups excluding carboxylic acids is 1. The molecule has 3 rings (SSSR count). The topological polar surface area (TPSA) is 51.2 Å². The number of ether oxygens (including phenoxy) is 1. The molecule has 4 heteroatoms. The molecule has 1 aliphatic rings. The van der Waals surface area contributed by atoms with E-state index in [0.717, 1.165) is 42.6 Å². The number of methoxy groups -OCH3 is 1. The number of aromatic nitrogens is 1. The summed E-state index contributed by atoms with van der Waals surface area (Å²) in [6, 6.07) is 12.0. The van der Waals surface area contributed by atoms with Gasteiger partial charge in [-0.2, -0.15) is 0 Å². The van der Waals surface area contributed by atoms with Gasteiger partial charge in [0.15, 0.2) is 0 Å². The Kier molecular flexibility index (Phi) is 4.56. The second-order valence-corrected chi connectivity index (χ2v) is 6.60. The molecule has 1 amide bonds. The molecule has 0 saturated heterocycles. The van der Waals surface area contributed by atoms with E-state index in [1.54, 1.807) is 13.2 Å². The van der Waals surface area contributed by atoms with Crippen LogP contribution in [0.3, 0.4) is 0 Å². The van der Waals surface area contributed by atoms with Crippen LogP contribution in [-0.2, 0) is 10.2 Å². The number of rotatable bonds is 4. The highest BCUT2D eigenvalue weighted by Crippen LogP contribution is 2.42. The van der Waals surface area contributed by atoms with Gasteiger partial charge in [-0.25, -0.2) is 4.98 Å². The van der Waals surface area contributed by atoms with Gasteiger partial charge < -0.3 is 10.1 Å². The Labute approximate surface area is 143 Å². The number of amides is 1. The first-order chi connectivity index (χ1) is 11.5. The van der Waals surface area contributed by atoms with Crippen molar-refractivity contribution in [3.8, 4) is 5.88 Å². The minimum atomic E-state index is -0.432. The van der Waals surface area contributed by atoms with E-state index in [4.69, 9.17) is 4.74 Å². The van der Waals surface area contributed by atoms with E-state index >= 15 is 0 Å². The van der Waals surface area contributed by atoms with Crippen molar-refractivity contribution in [2.45, 2.75) is 44.9 Å². The van der Waals surface area contributed by atoms with Gasteiger partial charge >= 0.3 is 0 Å². The van der Waals surface area contributed by atoms with E-state index in [0.29, 0.717) is 5.88 Å². The van der Waals surface area contributed by atoms with E-state index < -0.39 is 5.41 Å². The summed E-state index contributed by atoms with van der Waals surface area (Å²) in [6.45, 7) is 3.95. The van der Waals surface area contributed by atoms with E-state index in [2.05, 4.69) is 35.4 Å². The number of pyridine rings is 1. The molecule has 0 radical (unpaired) electrons. The lowest BCUT2D eigenvalue weighted by Gasteiger charge is -2.29. The third kappa shape index (κ3) is 3.01. The van der Waals surface area contributed by atoms with Gasteiger partial charge in [-0.1, -0.05) is 42.7 Å². The monoisotopic (exact) mass is 324 g/mol.